The van der Waals surface area contributed by atoms with Crippen molar-refractivity contribution in [1.82, 2.24) is 5.32 Å². The van der Waals surface area contributed by atoms with Gasteiger partial charge in [0, 0.05) is 33.7 Å². The molecule has 3 N–H and O–H groups in total. The van der Waals surface area contributed by atoms with Crippen molar-refractivity contribution in [2.75, 3.05) is 13.2 Å². The molecule has 14 heteroatoms. The van der Waals surface area contributed by atoms with Crippen LogP contribution >= 0.6 is 0 Å². The lowest BCUT2D eigenvalue weighted by atomic mass is 9.90. The molecule has 2 aromatic carbocycles. The molecule has 2 aliphatic heterocycles. The first-order valence-electron chi connectivity index (χ1n) is 16.7. The Morgan fingerprint density at radius 2 is 1.14 bits per heavy atom. The predicted molar refractivity (Wildman–Crippen MR) is 183 cm³/mol. The molecule has 2 fully saturated rings. The van der Waals surface area contributed by atoms with Crippen molar-refractivity contribution in [2.45, 2.75) is 115 Å². The number of rotatable bonds is 12. The zero-order valence-electron chi connectivity index (χ0n) is 29.6. The van der Waals surface area contributed by atoms with E-state index in [9.17, 15) is 29.4 Å². The second-order valence-corrected chi connectivity index (χ2v) is 18.1. The maximum Gasteiger partial charge on any atom is 0.303 e. The van der Waals surface area contributed by atoms with Crippen molar-refractivity contribution in [3.63, 3.8) is 0 Å². The summed E-state index contributed by atoms with van der Waals surface area (Å²) in [6.45, 7) is 10.8. The molecule has 13 nitrogen and oxygen atoms in total. The molecule has 0 aliphatic carbocycles. The number of aliphatic hydroxyl groups excluding tert-OH is 2. The van der Waals surface area contributed by atoms with Gasteiger partial charge in [0.15, 0.2) is 18.3 Å². The van der Waals surface area contributed by atoms with Gasteiger partial charge in [0.1, 0.15) is 18.8 Å². The van der Waals surface area contributed by atoms with E-state index in [4.69, 9.17) is 28.1 Å². The predicted octanol–water partition coefficient (Wildman–Crippen LogP) is 1.14. The van der Waals surface area contributed by atoms with E-state index in [-0.39, 0.29) is 24.7 Å². The van der Waals surface area contributed by atoms with Gasteiger partial charge >= 0.3 is 23.9 Å². The van der Waals surface area contributed by atoms with Crippen LogP contribution < -0.4 is 15.7 Å². The lowest BCUT2D eigenvalue weighted by Gasteiger charge is -2.45. The second-order valence-electron chi connectivity index (χ2n) is 13.8. The van der Waals surface area contributed by atoms with Gasteiger partial charge in [-0.15, -0.1) is 0 Å². The topological polar surface area (TPSA) is 176 Å². The highest BCUT2D eigenvalue weighted by Crippen LogP contribution is 2.38. The SMILES string of the molecule is CC(=O)OC[C@H]1O[C@H](C[C@@H]2N[C@H](CO[Si](c3ccccc3)(c3ccccc3)C(C)(C)C)[C@@H](O)[C@@H]2O)[C@H](OC(C)=O)[C@@H](OC(C)=O)[C@@H]1OC(C)=O. The summed E-state index contributed by atoms with van der Waals surface area (Å²) in [5, 5.41) is 27.7. The van der Waals surface area contributed by atoms with E-state index in [1.165, 1.54) is 6.92 Å². The van der Waals surface area contributed by atoms with E-state index < -0.39 is 87.0 Å². The molecular weight excluding hydrogens is 666 g/mol. The summed E-state index contributed by atoms with van der Waals surface area (Å²) in [4.78, 5) is 48.3. The average Bonchev–Trinajstić information content (AvgIpc) is 3.30. The lowest BCUT2D eigenvalue weighted by Crippen LogP contribution is -2.67. The summed E-state index contributed by atoms with van der Waals surface area (Å²) >= 11 is 0. The summed E-state index contributed by atoms with van der Waals surface area (Å²) in [5.74, 6) is -2.83. The van der Waals surface area contributed by atoms with Crippen molar-refractivity contribution < 1.29 is 57.5 Å². The van der Waals surface area contributed by atoms with Gasteiger partial charge in [0.05, 0.1) is 24.9 Å². The maximum absolute atomic E-state index is 12.3. The van der Waals surface area contributed by atoms with Crippen molar-refractivity contribution in [3.05, 3.63) is 60.7 Å². The fourth-order valence-electron chi connectivity index (χ4n) is 7.04. The van der Waals surface area contributed by atoms with Crippen LogP contribution in [0.5, 0.6) is 0 Å². The molecule has 0 radical (unpaired) electrons. The van der Waals surface area contributed by atoms with Crippen LogP contribution in [0.25, 0.3) is 0 Å². The number of carbonyl (C=O) groups is 4. The number of aliphatic hydroxyl groups is 2. The number of hydrogen-bond donors (Lipinski definition) is 3. The Kier molecular flexibility index (Phi) is 13.0. The van der Waals surface area contributed by atoms with Crippen LogP contribution in [-0.2, 0) is 47.3 Å². The molecule has 4 rings (SSSR count). The zero-order valence-corrected chi connectivity index (χ0v) is 30.6. The fourth-order valence-corrected chi connectivity index (χ4v) is 11.6. The standard InChI is InChI=1S/C36H49NO12Si/c1-21(38)44-20-30-34(47-23(3)40)35(48-24(4)41)33(46-22(2)39)29(49-30)18-27-31(42)32(43)28(37-27)19-45-50(36(5,6)7,25-14-10-8-11-15-25)26-16-12-9-13-17-26/h8-17,27-35,37,42-43H,18-20H2,1-7H3/t27-,28+,29+,30+,31+,32+,33-,34+,35+/m0/s1. The summed E-state index contributed by atoms with van der Waals surface area (Å²) < 4.78 is 35.1. The Morgan fingerprint density at radius 3 is 1.60 bits per heavy atom. The Balaban J connectivity index is 1.63. The third-order valence-electron chi connectivity index (χ3n) is 9.07. The number of ether oxygens (including phenoxy) is 5. The van der Waals surface area contributed by atoms with Gasteiger partial charge in [-0.25, -0.2) is 0 Å². The summed E-state index contributed by atoms with van der Waals surface area (Å²) in [6, 6.07) is 18.5. The molecular formula is C36H49NO12Si. The fraction of sp³-hybridized carbons (Fsp3) is 0.556. The molecule has 274 valence electrons. The highest BCUT2D eigenvalue weighted by molar-refractivity contribution is 6.99. The summed E-state index contributed by atoms with van der Waals surface area (Å²) in [7, 11) is -2.98. The highest BCUT2D eigenvalue weighted by atomic mass is 28.4. The molecule has 0 amide bonds. The van der Waals surface area contributed by atoms with Gasteiger partial charge < -0.3 is 43.6 Å². The van der Waals surface area contributed by atoms with Gasteiger partial charge in [0.25, 0.3) is 8.32 Å². The molecule has 0 bridgehead atoms. The first-order valence-corrected chi connectivity index (χ1v) is 18.6. The first-order chi connectivity index (χ1) is 23.5. The third-order valence-corrected chi connectivity index (χ3v) is 14.1. The number of benzene rings is 2. The van der Waals surface area contributed by atoms with E-state index in [0.29, 0.717) is 0 Å². The van der Waals surface area contributed by atoms with E-state index in [1.54, 1.807) is 0 Å². The smallest absolute Gasteiger partial charge is 0.303 e. The van der Waals surface area contributed by atoms with Gasteiger partial charge in [-0.2, -0.15) is 0 Å². The van der Waals surface area contributed by atoms with Gasteiger partial charge in [-0.1, -0.05) is 81.4 Å². The Morgan fingerprint density at radius 1 is 0.680 bits per heavy atom. The van der Waals surface area contributed by atoms with Crippen LogP contribution in [0.15, 0.2) is 60.7 Å². The van der Waals surface area contributed by atoms with E-state index in [1.807, 2.05) is 36.4 Å². The minimum Gasteiger partial charge on any atom is -0.463 e. The zero-order chi connectivity index (χ0) is 36.8. The molecule has 0 spiro atoms. The van der Waals surface area contributed by atoms with Gasteiger partial charge in [-0.3, -0.25) is 19.2 Å². The monoisotopic (exact) mass is 715 g/mol. The van der Waals surface area contributed by atoms with Crippen LogP contribution in [0.4, 0.5) is 0 Å². The maximum atomic E-state index is 12.3. The Hall–Kier alpha value is -3.66. The first kappa shape index (κ1) is 39.1. The van der Waals surface area contributed by atoms with Crippen LogP contribution in [0, 0.1) is 0 Å². The van der Waals surface area contributed by atoms with Crippen molar-refractivity contribution in [2.24, 2.45) is 0 Å². The van der Waals surface area contributed by atoms with E-state index in [0.717, 1.165) is 31.1 Å². The molecule has 0 aromatic heterocycles. The Bertz CT molecular complexity index is 1430. The molecule has 2 saturated heterocycles. The van der Waals surface area contributed by atoms with E-state index in [2.05, 4.69) is 50.4 Å². The number of hydrogen-bond acceptors (Lipinski definition) is 13. The molecule has 2 aromatic rings. The summed E-state index contributed by atoms with van der Waals surface area (Å²) in [6.07, 6.45) is -8.69. The molecule has 0 saturated carbocycles. The van der Waals surface area contributed by atoms with Crippen LogP contribution in [0.1, 0.15) is 54.9 Å². The third kappa shape index (κ3) is 8.97. The Labute approximate surface area is 293 Å². The largest absolute Gasteiger partial charge is 0.463 e. The lowest BCUT2D eigenvalue weighted by molar-refractivity contribution is -0.254. The number of nitrogens with one attached hydrogen (secondary N) is 1. The van der Waals surface area contributed by atoms with Crippen molar-refractivity contribution >= 4 is 42.6 Å². The van der Waals surface area contributed by atoms with Crippen LogP contribution in [-0.4, -0.2) is 110 Å². The molecule has 0 unspecified atom stereocenters. The minimum absolute atomic E-state index is 0.0486. The highest BCUT2D eigenvalue weighted by Gasteiger charge is 2.55. The van der Waals surface area contributed by atoms with Gasteiger partial charge in [-0.05, 0) is 21.8 Å². The molecule has 2 heterocycles. The molecule has 9 atom stereocenters. The summed E-state index contributed by atoms with van der Waals surface area (Å²) in [5.41, 5.74) is 0. The van der Waals surface area contributed by atoms with Crippen LogP contribution in [0.3, 0.4) is 0 Å². The molecule has 2 aliphatic rings. The van der Waals surface area contributed by atoms with Crippen molar-refractivity contribution in [1.29, 1.82) is 0 Å². The second kappa shape index (κ2) is 16.6. The van der Waals surface area contributed by atoms with Gasteiger partial charge in [0.2, 0.25) is 0 Å². The molecule has 50 heavy (non-hydrogen) atoms. The minimum atomic E-state index is -2.98. The normalized spacial score (nSPS) is 28.4. The van der Waals surface area contributed by atoms with E-state index >= 15 is 0 Å². The quantitative estimate of drug-likeness (QED) is 0.162. The number of carbonyl (C=O) groups excluding carboxylic acids is 4. The van der Waals surface area contributed by atoms with Crippen LogP contribution in [0.2, 0.25) is 5.04 Å². The van der Waals surface area contributed by atoms with Crippen molar-refractivity contribution in [3.8, 4) is 0 Å². The number of esters is 4. The average molecular weight is 716 g/mol.